The molecule has 1 heterocycles. The van der Waals surface area contributed by atoms with Gasteiger partial charge in [-0.2, -0.15) is 5.10 Å². The Morgan fingerprint density at radius 1 is 0.957 bits per heavy atom. The number of rotatable bonds is 4. The van der Waals surface area contributed by atoms with Gasteiger partial charge >= 0.3 is 0 Å². The second-order valence-electron chi connectivity index (χ2n) is 5.15. The van der Waals surface area contributed by atoms with Gasteiger partial charge in [0.05, 0.1) is 12.8 Å². The second kappa shape index (κ2) is 6.48. The standard InChI is InChI=1S/C19H18N2O2/c1-4-7-14-10-11-17(18(12-14)22-3)23-19-16-9-6-5-8-15(16)13(2)20-21-19/h4-12H,1-3H3/b7-4+. The van der Waals surface area contributed by atoms with Gasteiger partial charge in [0.25, 0.3) is 0 Å². The molecule has 0 radical (unpaired) electrons. The van der Waals surface area contributed by atoms with Crippen LogP contribution >= 0.6 is 0 Å². The van der Waals surface area contributed by atoms with Crippen molar-refractivity contribution in [2.45, 2.75) is 13.8 Å². The number of fused-ring (bicyclic) bond motifs is 1. The van der Waals surface area contributed by atoms with Crippen molar-refractivity contribution in [2.75, 3.05) is 7.11 Å². The van der Waals surface area contributed by atoms with Crippen molar-refractivity contribution in [3.8, 4) is 17.4 Å². The Balaban J connectivity index is 2.04. The third-order valence-corrected chi connectivity index (χ3v) is 3.59. The average Bonchev–Trinajstić information content (AvgIpc) is 2.59. The summed E-state index contributed by atoms with van der Waals surface area (Å²) in [6.07, 6.45) is 3.99. The summed E-state index contributed by atoms with van der Waals surface area (Å²) < 4.78 is 11.4. The molecule has 1 aromatic heterocycles. The van der Waals surface area contributed by atoms with Crippen LogP contribution in [0.4, 0.5) is 0 Å². The maximum absolute atomic E-state index is 5.98. The van der Waals surface area contributed by atoms with Crippen LogP contribution < -0.4 is 9.47 Å². The van der Waals surface area contributed by atoms with E-state index in [9.17, 15) is 0 Å². The molecular formula is C19H18N2O2. The lowest BCUT2D eigenvalue weighted by Crippen LogP contribution is -1.97. The molecular weight excluding hydrogens is 288 g/mol. The van der Waals surface area contributed by atoms with Crippen molar-refractivity contribution >= 4 is 16.8 Å². The van der Waals surface area contributed by atoms with Crippen molar-refractivity contribution in [2.24, 2.45) is 0 Å². The first kappa shape index (κ1) is 15.0. The highest BCUT2D eigenvalue weighted by molar-refractivity contribution is 5.88. The van der Waals surface area contributed by atoms with E-state index in [4.69, 9.17) is 9.47 Å². The van der Waals surface area contributed by atoms with Crippen LogP contribution in [0.2, 0.25) is 0 Å². The highest BCUT2D eigenvalue weighted by atomic mass is 16.5. The number of hydrogen-bond acceptors (Lipinski definition) is 4. The van der Waals surface area contributed by atoms with E-state index in [0.29, 0.717) is 17.4 Å². The van der Waals surface area contributed by atoms with Crippen molar-refractivity contribution in [3.63, 3.8) is 0 Å². The van der Waals surface area contributed by atoms with Crippen molar-refractivity contribution in [1.82, 2.24) is 10.2 Å². The minimum absolute atomic E-state index is 0.475. The molecule has 3 rings (SSSR count). The van der Waals surface area contributed by atoms with E-state index in [1.165, 1.54) is 0 Å². The zero-order valence-corrected chi connectivity index (χ0v) is 13.4. The Morgan fingerprint density at radius 2 is 1.74 bits per heavy atom. The van der Waals surface area contributed by atoms with E-state index in [1.54, 1.807) is 7.11 Å². The molecule has 23 heavy (non-hydrogen) atoms. The first-order valence-corrected chi connectivity index (χ1v) is 7.43. The molecule has 0 N–H and O–H groups in total. The Hall–Kier alpha value is -2.88. The SMILES string of the molecule is C/C=C/c1ccc(Oc2nnc(C)c3ccccc23)c(OC)c1. The average molecular weight is 306 g/mol. The highest BCUT2D eigenvalue weighted by Crippen LogP contribution is 2.34. The first-order valence-electron chi connectivity index (χ1n) is 7.43. The van der Waals surface area contributed by atoms with Crippen molar-refractivity contribution < 1.29 is 9.47 Å². The molecule has 0 saturated heterocycles. The number of allylic oxidation sites excluding steroid dienone is 1. The number of benzene rings is 2. The quantitative estimate of drug-likeness (QED) is 0.696. The van der Waals surface area contributed by atoms with Crippen LogP contribution in [0.15, 0.2) is 48.5 Å². The van der Waals surface area contributed by atoms with Crippen LogP contribution in [-0.2, 0) is 0 Å². The summed E-state index contributed by atoms with van der Waals surface area (Å²) in [5, 5.41) is 10.3. The van der Waals surface area contributed by atoms with E-state index < -0.39 is 0 Å². The number of aromatic nitrogens is 2. The summed E-state index contributed by atoms with van der Waals surface area (Å²) in [4.78, 5) is 0. The Kier molecular flexibility index (Phi) is 4.24. The number of methoxy groups -OCH3 is 1. The summed E-state index contributed by atoms with van der Waals surface area (Å²) >= 11 is 0. The molecule has 0 atom stereocenters. The second-order valence-corrected chi connectivity index (χ2v) is 5.15. The van der Waals surface area contributed by atoms with Gasteiger partial charge in [0.1, 0.15) is 0 Å². The zero-order valence-electron chi connectivity index (χ0n) is 13.4. The summed E-state index contributed by atoms with van der Waals surface area (Å²) in [6.45, 7) is 3.91. The van der Waals surface area contributed by atoms with Gasteiger partial charge < -0.3 is 9.47 Å². The minimum atomic E-state index is 0.475. The molecule has 0 bridgehead atoms. The Labute approximate surface area is 135 Å². The third-order valence-electron chi connectivity index (χ3n) is 3.59. The number of hydrogen-bond donors (Lipinski definition) is 0. The molecule has 4 heteroatoms. The lowest BCUT2D eigenvalue weighted by molar-refractivity contribution is 0.374. The molecule has 4 nitrogen and oxygen atoms in total. The van der Waals surface area contributed by atoms with E-state index in [-0.39, 0.29) is 0 Å². The summed E-state index contributed by atoms with van der Waals surface area (Å²) in [7, 11) is 1.63. The predicted molar refractivity (Wildman–Crippen MR) is 92.1 cm³/mol. The zero-order chi connectivity index (χ0) is 16.2. The fourth-order valence-corrected chi connectivity index (χ4v) is 2.46. The van der Waals surface area contributed by atoms with Crippen LogP contribution in [0, 0.1) is 6.92 Å². The van der Waals surface area contributed by atoms with Crippen molar-refractivity contribution in [1.29, 1.82) is 0 Å². The van der Waals surface area contributed by atoms with Crippen LogP contribution in [0.25, 0.3) is 16.8 Å². The topological polar surface area (TPSA) is 44.2 Å². The van der Waals surface area contributed by atoms with E-state index >= 15 is 0 Å². The maximum atomic E-state index is 5.98. The number of ether oxygens (including phenoxy) is 2. The molecule has 0 aliphatic rings. The summed E-state index contributed by atoms with van der Waals surface area (Å²) in [5.74, 6) is 1.75. The summed E-state index contributed by atoms with van der Waals surface area (Å²) in [6, 6.07) is 13.7. The molecule has 0 amide bonds. The van der Waals surface area contributed by atoms with Gasteiger partial charge in [0.2, 0.25) is 5.88 Å². The lowest BCUT2D eigenvalue weighted by atomic mass is 10.1. The van der Waals surface area contributed by atoms with E-state index in [2.05, 4.69) is 10.2 Å². The van der Waals surface area contributed by atoms with Crippen LogP contribution in [-0.4, -0.2) is 17.3 Å². The number of nitrogens with zero attached hydrogens (tertiary/aromatic N) is 2. The maximum Gasteiger partial charge on any atom is 0.246 e. The largest absolute Gasteiger partial charge is 0.493 e. The molecule has 0 aliphatic carbocycles. The van der Waals surface area contributed by atoms with Gasteiger partial charge in [-0.1, -0.05) is 36.4 Å². The van der Waals surface area contributed by atoms with E-state index in [1.807, 2.05) is 68.5 Å². The molecule has 0 saturated carbocycles. The molecule has 0 unspecified atom stereocenters. The van der Waals surface area contributed by atoms with Crippen molar-refractivity contribution in [3.05, 3.63) is 59.8 Å². The van der Waals surface area contributed by atoms with Crippen LogP contribution in [0.5, 0.6) is 17.4 Å². The van der Waals surface area contributed by atoms with Gasteiger partial charge in [0, 0.05) is 10.8 Å². The third kappa shape index (κ3) is 3.01. The normalized spacial score (nSPS) is 11.1. The van der Waals surface area contributed by atoms with Crippen LogP contribution in [0.3, 0.4) is 0 Å². The highest BCUT2D eigenvalue weighted by Gasteiger charge is 2.11. The number of aryl methyl sites for hydroxylation is 1. The van der Waals surface area contributed by atoms with Gasteiger partial charge in [-0.25, -0.2) is 0 Å². The van der Waals surface area contributed by atoms with Crippen LogP contribution in [0.1, 0.15) is 18.2 Å². The van der Waals surface area contributed by atoms with Gasteiger partial charge in [0.15, 0.2) is 11.5 Å². The summed E-state index contributed by atoms with van der Waals surface area (Å²) in [5.41, 5.74) is 1.93. The molecule has 2 aromatic carbocycles. The Bertz CT molecular complexity index is 872. The monoisotopic (exact) mass is 306 g/mol. The molecule has 116 valence electrons. The lowest BCUT2D eigenvalue weighted by Gasteiger charge is -2.12. The molecule has 0 spiro atoms. The molecule has 0 fully saturated rings. The predicted octanol–water partition coefficient (Wildman–Crippen LogP) is 4.77. The minimum Gasteiger partial charge on any atom is -0.493 e. The Morgan fingerprint density at radius 3 is 2.48 bits per heavy atom. The van der Waals surface area contributed by atoms with Gasteiger partial charge in [-0.3, -0.25) is 0 Å². The first-order chi connectivity index (χ1) is 11.2. The molecule has 0 aliphatic heterocycles. The smallest absolute Gasteiger partial charge is 0.246 e. The van der Waals surface area contributed by atoms with Gasteiger partial charge in [-0.15, -0.1) is 5.10 Å². The fourth-order valence-electron chi connectivity index (χ4n) is 2.46. The molecule has 3 aromatic rings. The fraction of sp³-hybridized carbons (Fsp3) is 0.158. The van der Waals surface area contributed by atoms with Gasteiger partial charge in [-0.05, 0) is 37.6 Å². The van der Waals surface area contributed by atoms with E-state index in [0.717, 1.165) is 22.0 Å².